The summed E-state index contributed by atoms with van der Waals surface area (Å²) in [7, 11) is 1.61. The van der Waals surface area contributed by atoms with Crippen LogP contribution < -0.4 is 15.4 Å². The minimum atomic E-state index is -1.84. The molecule has 180 valence electrons. The van der Waals surface area contributed by atoms with Crippen molar-refractivity contribution in [3.8, 4) is 5.75 Å². The Kier molecular flexibility index (Phi) is 7.95. The number of H-pyrrole nitrogens is 1. The van der Waals surface area contributed by atoms with Gasteiger partial charge in [0.2, 0.25) is 5.91 Å². The molecule has 3 rings (SSSR count). The Morgan fingerprint density at radius 1 is 1.06 bits per heavy atom. The van der Waals surface area contributed by atoms with Crippen LogP contribution in [0.1, 0.15) is 42.7 Å². The molecule has 1 heterocycles. The number of aliphatic hydroxyl groups is 1. The van der Waals surface area contributed by atoms with Gasteiger partial charge in [0.05, 0.1) is 7.11 Å². The quantitative estimate of drug-likeness (QED) is 0.382. The second-order valence-corrected chi connectivity index (χ2v) is 7.99. The van der Waals surface area contributed by atoms with E-state index in [0.29, 0.717) is 12.5 Å². The van der Waals surface area contributed by atoms with Gasteiger partial charge in [0.1, 0.15) is 23.4 Å². The predicted octanol–water partition coefficient (Wildman–Crippen LogP) is 3.22. The summed E-state index contributed by atoms with van der Waals surface area (Å²) in [5.41, 5.74) is 1.63. The van der Waals surface area contributed by atoms with Crippen LogP contribution in [0.3, 0.4) is 0 Å². The van der Waals surface area contributed by atoms with Crippen LogP contribution >= 0.6 is 0 Å². The first kappa shape index (κ1) is 24.8. The fourth-order valence-corrected chi connectivity index (χ4v) is 3.40. The van der Waals surface area contributed by atoms with E-state index in [4.69, 9.17) is 4.74 Å². The van der Waals surface area contributed by atoms with Gasteiger partial charge in [-0.2, -0.15) is 5.10 Å². The highest BCUT2D eigenvalue weighted by Gasteiger charge is 2.24. The molecule has 0 saturated carbocycles. The number of rotatable bonds is 9. The maximum atomic E-state index is 13.3. The van der Waals surface area contributed by atoms with Crippen LogP contribution in [0.2, 0.25) is 0 Å². The Morgan fingerprint density at radius 3 is 2.44 bits per heavy atom. The predicted molar refractivity (Wildman–Crippen MR) is 121 cm³/mol. The molecule has 0 aliphatic rings. The van der Waals surface area contributed by atoms with Gasteiger partial charge in [-0.15, -0.1) is 0 Å². The number of methoxy groups -OCH3 is 1. The summed E-state index contributed by atoms with van der Waals surface area (Å²) in [6, 6.07) is 10.7. The summed E-state index contributed by atoms with van der Waals surface area (Å²) in [5.74, 6) is -2.21. The van der Waals surface area contributed by atoms with Crippen molar-refractivity contribution in [2.24, 2.45) is 0 Å². The molecule has 8 nitrogen and oxygen atoms in total. The lowest BCUT2D eigenvalue weighted by atomic mass is 9.96. The second-order valence-electron chi connectivity index (χ2n) is 7.99. The van der Waals surface area contributed by atoms with Crippen LogP contribution in [0.5, 0.6) is 5.75 Å². The van der Waals surface area contributed by atoms with Crippen molar-refractivity contribution in [1.29, 1.82) is 0 Å². The summed E-state index contributed by atoms with van der Waals surface area (Å²) in [4.78, 5) is 24.7. The number of ether oxygens (including phenoxy) is 1. The molecule has 10 heteroatoms. The van der Waals surface area contributed by atoms with Crippen LogP contribution in [-0.4, -0.2) is 40.3 Å². The molecule has 3 unspecified atom stereocenters. The SMILES string of the molecule is COc1cccc(C(C)Cc2cc(NC(=O)C(C)NC(=O)C(O)c3cc(F)cc(F)c3)n[nH]2)c1. The molecule has 0 aliphatic heterocycles. The second kappa shape index (κ2) is 10.9. The Hall–Kier alpha value is -3.79. The van der Waals surface area contributed by atoms with Crippen molar-refractivity contribution < 1.29 is 28.2 Å². The number of carbonyl (C=O) groups excluding carboxylic acids is 2. The topological polar surface area (TPSA) is 116 Å². The number of benzene rings is 2. The van der Waals surface area contributed by atoms with E-state index in [9.17, 15) is 23.5 Å². The third kappa shape index (κ3) is 6.38. The lowest BCUT2D eigenvalue weighted by Crippen LogP contribution is -2.43. The summed E-state index contributed by atoms with van der Waals surface area (Å²) in [6.07, 6.45) is -1.20. The fourth-order valence-electron chi connectivity index (χ4n) is 3.40. The van der Waals surface area contributed by atoms with Gasteiger partial charge in [-0.1, -0.05) is 19.1 Å². The monoisotopic (exact) mass is 472 g/mol. The molecule has 3 aromatic rings. The average molecular weight is 472 g/mol. The van der Waals surface area contributed by atoms with E-state index in [2.05, 4.69) is 27.8 Å². The van der Waals surface area contributed by atoms with Gasteiger partial charge in [0.25, 0.3) is 5.91 Å². The van der Waals surface area contributed by atoms with E-state index in [0.717, 1.165) is 29.1 Å². The molecule has 2 amide bonds. The molecule has 2 aromatic carbocycles. The Balaban J connectivity index is 1.55. The van der Waals surface area contributed by atoms with Gasteiger partial charge in [-0.3, -0.25) is 14.7 Å². The largest absolute Gasteiger partial charge is 0.497 e. The molecule has 0 saturated heterocycles. The number of aromatic amines is 1. The van der Waals surface area contributed by atoms with Gasteiger partial charge in [0.15, 0.2) is 11.9 Å². The zero-order chi connectivity index (χ0) is 24.8. The summed E-state index contributed by atoms with van der Waals surface area (Å²) in [5, 5.41) is 21.9. The van der Waals surface area contributed by atoms with E-state index >= 15 is 0 Å². The molecule has 0 radical (unpaired) electrons. The highest BCUT2D eigenvalue weighted by Crippen LogP contribution is 2.24. The molecular weight excluding hydrogens is 446 g/mol. The van der Waals surface area contributed by atoms with Gasteiger partial charge >= 0.3 is 0 Å². The molecule has 4 N–H and O–H groups in total. The summed E-state index contributed by atoms with van der Waals surface area (Å²) in [6.45, 7) is 3.46. The van der Waals surface area contributed by atoms with E-state index in [1.54, 1.807) is 13.2 Å². The van der Waals surface area contributed by atoms with Crippen molar-refractivity contribution in [3.63, 3.8) is 0 Å². The number of hydrogen-bond donors (Lipinski definition) is 4. The Bertz CT molecular complexity index is 1150. The van der Waals surface area contributed by atoms with Crippen LogP contribution in [0.15, 0.2) is 48.5 Å². The summed E-state index contributed by atoms with van der Waals surface area (Å²) < 4.78 is 31.9. The zero-order valence-corrected chi connectivity index (χ0v) is 18.9. The first-order valence-electron chi connectivity index (χ1n) is 10.6. The Morgan fingerprint density at radius 2 is 1.76 bits per heavy atom. The number of anilines is 1. The first-order chi connectivity index (χ1) is 16.2. The number of nitrogens with zero attached hydrogens (tertiary/aromatic N) is 1. The number of amides is 2. The van der Waals surface area contributed by atoms with Crippen LogP contribution in [0.4, 0.5) is 14.6 Å². The van der Waals surface area contributed by atoms with E-state index in [-0.39, 0.29) is 17.3 Å². The molecule has 34 heavy (non-hydrogen) atoms. The number of aromatic nitrogens is 2. The molecule has 0 fully saturated rings. The van der Waals surface area contributed by atoms with Crippen molar-refractivity contribution in [3.05, 3.63) is 77.0 Å². The number of nitrogens with one attached hydrogen (secondary N) is 3. The normalized spacial score (nSPS) is 13.6. The molecule has 0 spiro atoms. The smallest absolute Gasteiger partial charge is 0.254 e. The highest BCUT2D eigenvalue weighted by atomic mass is 19.1. The van der Waals surface area contributed by atoms with Crippen molar-refractivity contribution >= 4 is 17.6 Å². The van der Waals surface area contributed by atoms with Gasteiger partial charge in [0, 0.05) is 17.8 Å². The summed E-state index contributed by atoms with van der Waals surface area (Å²) >= 11 is 0. The van der Waals surface area contributed by atoms with Crippen molar-refractivity contribution in [1.82, 2.24) is 15.5 Å². The van der Waals surface area contributed by atoms with Gasteiger partial charge in [-0.05, 0) is 54.7 Å². The van der Waals surface area contributed by atoms with Crippen LogP contribution in [0, 0.1) is 11.6 Å². The highest BCUT2D eigenvalue weighted by molar-refractivity contribution is 5.97. The van der Waals surface area contributed by atoms with Crippen molar-refractivity contribution in [2.75, 3.05) is 12.4 Å². The minimum absolute atomic E-state index is 0.159. The molecule has 0 bridgehead atoms. The number of carbonyl (C=O) groups is 2. The van der Waals surface area contributed by atoms with E-state index in [1.165, 1.54) is 6.92 Å². The van der Waals surface area contributed by atoms with E-state index < -0.39 is 35.6 Å². The van der Waals surface area contributed by atoms with E-state index in [1.807, 2.05) is 24.3 Å². The van der Waals surface area contributed by atoms with Gasteiger partial charge in [-0.25, -0.2) is 8.78 Å². The van der Waals surface area contributed by atoms with Gasteiger partial charge < -0.3 is 20.5 Å². The lowest BCUT2D eigenvalue weighted by molar-refractivity contribution is -0.132. The van der Waals surface area contributed by atoms with Crippen LogP contribution in [0.25, 0.3) is 0 Å². The first-order valence-corrected chi connectivity index (χ1v) is 10.6. The molecular formula is C24H26F2N4O4. The fraction of sp³-hybridized carbons (Fsp3) is 0.292. The molecule has 0 aliphatic carbocycles. The minimum Gasteiger partial charge on any atom is -0.497 e. The molecule has 3 atom stereocenters. The number of aliphatic hydroxyl groups excluding tert-OH is 1. The maximum Gasteiger partial charge on any atom is 0.254 e. The third-order valence-electron chi connectivity index (χ3n) is 5.27. The zero-order valence-electron chi connectivity index (χ0n) is 18.9. The number of halogens is 2. The van der Waals surface area contributed by atoms with Crippen LogP contribution in [-0.2, 0) is 16.0 Å². The maximum absolute atomic E-state index is 13.3. The standard InChI is InChI=1S/C24H26F2N4O4/c1-13(15-5-4-6-20(10-15)34-3)7-19-12-21(30-29-19)28-23(32)14(2)27-24(33)22(31)16-8-17(25)11-18(26)9-16/h4-6,8-14,22,31H,7H2,1-3H3,(H,27,33)(H2,28,29,30,32). The third-order valence-corrected chi connectivity index (χ3v) is 5.27. The Labute approximate surface area is 195 Å². The average Bonchev–Trinajstić information content (AvgIpc) is 3.24. The number of hydrogen-bond acceptors (Lipinski definition) is 5. The van der Waals surface area contributed by atoms with Crippen molar-refractivity contribution in [2.45, 2.75) is 38.3 Å². The lowest BCUT2D eigenvalue weighted by Gasteiger charge is -2.16. The molecule has 1 aromatic heterocycles.